The highest BCUT2D eigenvalue weighted by atomic mass is 35.5. The summed E-state index contributed by atoms with van der Waals surface area (Å²) < 4.78 is 4.76. The van der Waals surface area contributed by atoms with Gasteiger partial charge in [-0.15, -0.1) is 0 Å². The summed E-state index contributed by atoms with van der Waals surface area (Å²) in [5.41, 5.74) is 0. The van der Waals surface area contributed by atoms with Crippen LogP contribution in [0, 0.1) is 0 Å². The van der Waals surface area contributed by atoms with E-state index in [-0.39, 0.29) is 5.91 Å². The van der Waals surface area contributed by atoms with Crippen molar-refractivity contribution < 1.29 is 8.98 Å². The monoisotopic (exact) mass is 208 g/mol. The van der Waals surface area contributed by atoms with E-state index in [2.05, 4.69) is 12.9 Å². The maximum atomic E-state index is 11.1. The summed E-state index contributed by atoms with van der Waals surface area (Å²) >= 11 is 9.37. The van der Waals surface area contributed by atoms with E-state index in [1.54, 1.807) is 19.0 Å². The van der Waals surface area contributed by atoms with Crippen molar-refractivity contribution in [1.82, 2.24) is 9.80 Å². The van der Waals surface area contributed by atoms with Gasteiger partial charge < -0.3 is 4.90 Å². The molecule has 4 nitrogen and oxygen atoms in total. The summed E-state index contributed by atoms with van der Waals surface area (Å²) in [6, 6.07) is 0. The fraction of sp³-hybridized carbons (Fsp3) is 0.500. The Hall–Kier alpha value is -0.390. The van der Waals surface area contributed by atoms with Gasteiger partial charge in [0.05, 0.1) is 0 Å². The molecule has 0 spiro atoms. The third kappa shape index (κ3) is 1.53. The van der Waals surface area contributed by atoms with Gasteiger partial charge in [-0.25, -0.2) is 0 Å². The molecule has 1 unspecified atom stereocenters. The number of halogens is 1. The zero-order valence-corrected chi connectivity index (χ0v) is 8.34. The number of nitrogens with zero attached hydrogens (tertiary/aromatic N) is 2. The molecule has 1 rings (SSSR count). The number of hydrogen-bond donors (Lipinski definition) is 1. The van der Waals surface area contributed by atoms with Gasteiger partial charge in [-0.3, -0.25) is 13.9 Å². The second-order valence-electron chi connectivity index (χ2n) is 2.46. The number of carbonyl (C=O) groups is 1. The van der Waals surface area contributed by atoms with Crippen LogP contribution in [0.25, 0.3) is 0 Å². The molecular weight excluding hydrogens is 200 g/mol. The highest BCUT2D eigenvalue weighted by molar-refractivity contribution is 7.75. The second-order valence-corrected chi connectivity index (χ2v) is 3.06. The minimum atomic E-state index is -0.543. The predicted octanol–water partition coefficient (Wildman–Crippen LogP) is 0.615. The van der Waals surface area contributed by atoms with Crippen LogP contribution < -0.4 is 0 Å². The fourth-order valence-electron chi connectivity index (χ4n) is 0.921. The van der Waals surface area contributed by atoms with E-state index in [0.29, 0.717) is 5.16 Å². The molecule has 0 saturated carbocycles. The molecule has 1 atom stereocenters. The zero-order chi connectivity index (χ0) is 9.30. The third-order valence-corrected chi connectivity index (χ3v) is 2.25. The van der Waals surface area contributed by atoms with Crippen LogP contribution in [0.3, 0.4) is 0 Å². The minimum Gasteiger partial charge on any atom is -0.321 e. The van der Waals surface area contributed by atoms with Crippen LogP contribution in [0.4, 0.5) is 0 Å². The lowest BCUT2D eigenvalue weighted by Crippen LogP contribution is -2.49. The maximum absolute atomic E-state index is 11.1. The molecule has 12 heavy (non-hydrogen) atoms. The number of carbonyl (C=O) groups excluding carboxylic acids is 1. The van der Waals surface area contributed by atoms with E-state index in [0.717, 1.165) is 0 Å². The van der Waals surface area contributed by atoms with Crippen LogP contribution in [-0.2, 0) is 8.98 Å². The van der Waals surface area contributed by atoms with Crippen molar-refractivity contribution >= 4 is 30.4 Å². The first kappa shape index (κ1) is 9.70. The van der Waals surface area contributed by atoms with E-state index < -0.39 is 6.35 Å². The quantitative estimate of drug-likeness (QED) is 0.390. The number of thiol groups is 1. The summed E-state index contributed by atoms with van der Waals surface area (Å²) in [6.07, 6.45) is 0.781. The van der Waals surface area contributed by atoms with Gasteiger partial charge in [0.2, 0.25) is 6.35 Å². The van der Waals surface area contributed by atoms with Crippen molar-refractivity contribution in [3.8, 4) is 0 Å². The smallest absolute Gasteiger partial charge is 0.252 e. The molecule has 0 radical (unpaired) electrons. The molecule has 0 fully saturated rings. The molecule has 1 amide bonds. The summed E-state index contributed by atoms with van der Waals surface area (Å²) in [5.74, 6) is -0.197. The molecule has 0 aromatic rings. The Morgan fingerprint density at radius 1 is 1.58 bits per heavy atom. The first-order chi connectivity index (χ1) is 5.57. The Balaban J connectivity index is 2.91. The van der Waals surface area contributed by atoms with Crippen LogP contribution in [0.2, 0.25) is 0 Å². The van der Waals surface area contributed by atoms with Crippen LogP contribution >= 0.6 is 24.5 Å². The number of rotatable bonds is 1. The zero-order valence-electron chi connectivity index (χ0n) is 6.69. The molecule has 1 aliphatic heterocycles. The van der Waals surface area contributed by atoms with Gasteiger partial charge in [0.25, 0.3) is 5.91 Å². The Morgan fingerprint density at radius 3 is 2.67 bits per heavy atom. The summed E-state index contributed by atoms with van der Waals surface area (Å²) in [7, 11) is 3.32. The number of likely N-dealkylation sites (N-methyl/N-ethyl adjacent to an activating group) is 1. The van der Waals surface area contributed by atoms with Crippen molar-refractivity contribution in [3.05, 3.63) is 11.2 Å². The van der Waals surface area contributed by atoms with Gasteiger partial charge in [0.15, 0.2) is 0 Å². The van der Waals surface area contributed by atoms with Crippen LogP contribution in [0.5, 0.6) is 0 Å². The lowest BCUT2D eigenvalue weighted by molar-refractivity contribution is -0.141. The average molecular weight is 209 g/mol. The largest absolute Gasteiger partial charge is 0.321 e. The Labute approximate surface area is 81.3 Å². The molecule has 0 N–H and O–H groups in total. The summed E-state index contributed by atoms with van der Waals surface area (Å²) in [4.78, 5) is 14.1. The molecule has 0 bridgehead atoms. The topological polar surface area (TPSA) is 32.8 Å². The molecule has 6 heteroatoms. The minimum absolute atomic E-state index is 0.197. The van der Waals surface area contributed by atoms with E-state index >= 15 is 0 Å². The van der Waals surface area contributed by atoms with Gasteiger partial charge in [0, 0.05) is 20.2 Å². The van der Waals surface area contributed by atoms with Crippen LogP contribution in [-0.4, -0.2) is 36.2 Å². The van der Waals surface area contributed by atoms with E-state index in [4.69, 9.17) is 15.8 Å². The first-order valence-electron chi connectivity index (χ1n) is 3.25. The molecule has 1 aliphatic rings. The Bertz CT molecular complexity index is 234. The lowest BCUT2D eigenvalue weighted by Gasteiger charge is -2.36. The van der Waals surface area contributed by atoms with Crippen molar-refractivity contribution in [2.45, 2.75) is 6.35 Å². The van der Waals surface area contributed by atoms with Crippen molar-refractivity contribution in [2.75, 3.05) is 14.1 Å². The van der Waals surface area contributed by atoms with Gasteiger partial charge in [-0.1, -0.05) is 11.6 Å². The normalized spacial score (nSPS) is 24.5. The number of hydrogen-bond acceptors (Lipinski definition) is 4. The highest BCUT2D eigenvalue weighted by Gasteiger charge is 2.29. The summed E-state index contributed by atoms with van der Waals surface area (Å²) in [5, 5.41) is 0.345. The molecule has 0 aromatic carbocycles. The standard InChI is InChI=1S/C6H9ClN2O2S/c1-8-4(7)3-5(10)9(2)6(8)11-12/h3,6,12H,1-2H3. The fourth-order valence-corrected chi connectivity index (χ4v) is 1.38. The second kappa shape index (κ2) is 3.55. The first-order valence-corrected chi connectivity index (χ1v) is 3.99. The Kier molecular flexibility index (Phi) is 2.87. The molecule has 1 heterocycles. The predicted molar refractivity (Wildman–Crippen MR) is 48.3 cm³/mol. The van der Waals surface area contributed by atoms with E-state index in [1.807, 2.05) is 0 Å². The van der Waals surface area contributed by atoms with Crippen molar-refractivity contribution in [1.29, 1.82) is 0 Å². The van der Waals surface area contributed by atoms with Crippen molar-refractivity contribution in [2.24, 2.45) is 0 Å². The molecule has 0 saturated heterocycles. The van der Waals surface area contributed by atoms with Gasteiger partial charge in [0.1, 0.15) is 5.16 Å². The van der Waals surface area contributed by atoms with Crippen LogP contribution in [0.1, 0.15) is 0 Å². The van der Waals surface area contributed by atoms with Gasteiger partial charge >= 0.3 is 0 Å². The highest BCUT2D eigenvalue weighted by Crippen LogP contribution is 2.20. The van der Waals surface area contributed by atoms with E-state index in [9.17, 15) is 4.79 Å². The summed E-state index contributed by atoms with van der Waals surface area (Å²) in [6.45, 7) is 0. The van der Waals surface area contributed by atoms with Gasteiger partial charge in [-0.05, 0) is 12.9 Å². The number of amides is 1. The average Bonchev–Trinajstić information content (AvgIpc) is 2.02. The van der Waals surface area contributed by atoms with Crippen molar-refractivity contribution in [3.63, 3.8) is 0 Å². The Morgan fingerprint density at radius 2 is 2.17 bits per heavy atom. The molecule has 68 valence electrons. The molecule has 0 aromatic heterocycles. The SMILES string of the molecule is CN1C(=O)C=C(Cl)N(C)C1OS. The third-order valence-electron chi connectivity index (χ3n) is 1.68. The molecule has 0 aliphatic carbocycles. The van der Waals surface area contributed by atoms with Gasteiger partial charge in [-0.2, -0.15) is 0 Å². The van der Waals surface area contributed by atoms with Crippen LogP contribution in [0.15, 0.2) is 11.2 Å². The van der Waals surface area contributed by atoms with E-state index in [1.165, 1.54) is 11.0 Å². The lowest BCUT2D eigenvalue weighted by atomic mass is 10.4. The maximum Gasteiger partial charge on any atom is 0.252 e. The molecular formula is C6H9ClN2O2S.